The van der Waals surface area contributed by atoms with E-state index in [2.05, 4.69) is 21.2 Å². The number of hydrogen-bond acceptors (Lipinski definition) is 3. The van der Waals surface area contributed by atoms with Crippen LogP contribution in [0.3, 0.4) is 0 Å². The van der Waals surface area contributed by atoms with Gasteiger partial charge in [0.25, 0.3) is 0 Å². The molecule has 0 aliphatic heterocycles. The first-order chi connectivity index (χ1) is 7.20. The minimum Gasteiger partial charge on any atom is -0.421 e. The van der Waals surface area contributed by atoms with Crippen LogP contribution in [0.4, 0.5) is 5.69 Å². The van der Waals surface area contributed by atoms with Gasteiger partial charge < -0.3 is 9.73 Å². The van der Waals surface area contributed by atoms with Gasteiger partial charge in [-0.05, 0) is 31.2 Å². The highest BCUT2D eigenvalue weighted by molar-refractivity contribution is 9.10. The van der Waals surface area contributed by atoms with Gasteiger partial charge in [0, 0.05) is 16.4 Å². The molecule has 1 N–H and O–H groups in total. The number of halogens is 1. The average molecular weight is 268 g/mol. The van der Waals surface area contributed by atoms with Crippen molar-refractivity contribution in [3.8, 4) is 0 Å². The monoisotopic (exact) mass is 267 g/mol. The lowest BCUT2D eigenvalue weighted by molar-refractivity contribution is 0.563. The van der Waals surface area contributed by atoms with Gasteiger partial charge in [-0.1, -0.05) is 15.9 Å². The van der Waals surface area contributed by atoms with Gasteiger partial charge in [-0.2, -0.15) is 0 Å². The molecule has 0 unspecified atom stereocenters. The highest BCUT2D eigenvalue weighted by Gasteiger charge is 2.03. The lowest BCUT2D eigenvalue weighted by atomic mass is 10.2. The van der Waals surface area contributed by atoms with Crippen molar-refractivity contribution in [2.24, 2.45) is 0 Å². The summed E-state index contributed by atoms with van der Waals surface area (Å²) in [6.45, 7) is 2.63. The number of benzene rings is 1. The SMILES string of the molecule is CCNc1cc2cc(Br)ccc2oc1=O. The minimum absolute atomic E-state index is 0.327. The molecule has 0 aliphatic carbocycles. The number of fused-ring (bicyclic) bond motifs is 1. The molecule has 78 valence electrons. The molecule has 1 heterocycles. The molecule has 2 rings (SSSR count). The third-order valence-corrected chi connectivity index (χ3v) is 2.55. The predicted octanol–water partition coefficient (Wildman–Crippen LogP) is 2.99. The van der Waals surface area contributed by atoms with Gasteiger partial charge in [-0.15, -0.1) is 0 Å². The minimum atomic E-state index is -0.327. The molecule has 3 nitrogen and oxygen atoms in total. The quantitative estimate of drug-likeness (QED) is 0.851. The molecule has 0 spiro atoms. The third-order valence-electron chi connectivity index (χ3n) is 2.06. The van der Waals surface area contributed by atoms with Crippen LogP contribution in [-0.4, -0.2) is 6.54 Å². The molecule has 0 fully saturated rings. The first-order valence-electron chi connectivity index (χ1n) is 4.68. The highest BCUT2D eigenvalue weighted by Crippen LogP contribution is 2.20. The number of rotatable bonds is 2. The van der Waals surface area contributed by atoms with Gasteiger partial charge in [0.05, 0.1) is 0 Å². The van der Waals surface area contributed by atoms with Gasteiger partial charge in [0.1, 0.15) is 11.3 Å². The van der Waals surface area contributed by atoms with Crippen LogP contribution in [0, 0.1) is 0 Å². The summed E-state index contributed by atoms with van der Waals surface area (Å²) < 4.78 is 6.13. The molecule has 0 radical (unpaired) electrons. The first-order valence-corrected chi connectivity index (χ1v) is 5.47. The van der Waals surface area contributed by atoms with Crippen LogP contribution in [0.15, 0.2) is 37.9 Å². The molecule has 1 aromatic heterocycles. The lowest BCUT2D eigenvalue weighted by Crippen LogP contribution is -2.09. The van der Waals surface area contributed by atoms with E-state index in [0.717, 1.165) is 9.86 Å². The van der Waals surface area contributed by atoms with Crippen LogP contribution in [0.2, 0.25) is 0 Å². The lowest BCUT2D eigenvalue weighted by Gasteiger charge is -2.03. The standard InChI is InChI=1S/C11H10BrNO2/c1-2-13-9-6-7-5-8(12)3-4-10(7)15-11(9)14/h3-6,13H,2H2,1H3. The summed E-state index contributed by atoms with van der Waals surface area (Å²) in [6.07, 6.45) is 0. The van der Waals surface area contributed by atoms with Crippen LogP contribution in [0.25, 0.3) is 11.0 Å². The zero-order chi connectivity index (χ0) is 10.8. The molecule has 4 heteroatoms. The molecular formula is C11H10BrNO2. The Morgan fingerprint density at radius 2 is 2.20 bits per heavy atom. The highest BCUT2D eigenvalue weighted by atomic mass is 79.9. The Bertz CT molecular complexity index is 548. The zero-order valence-corrected chi connectivity index (χ0v) is 9.80. The Morgan fingerprint density at radius 1 is 1.40 bits per heavy atom. The van der Waals surface area contributed by atoms with Crippen molar-refractivity contribution in [3.05, 3.63) is 39.2 Å². The van der Waals surface area contributed by atoms with E-state index in [1.807, 2.05) is 19.1 Å². The Labute approximate surface area is 95.2 Å². The van der Waals surface area contributed by atoms with Crippen LogP contribution >= 0.6 is 15.9 Å². The fourth-order valence-electron chi connectivity index (χ4n) is 1.41. The van der Waals surface area contributed by atoms with E-state index in [-0.39, 0.29) is 5.63 Å². The molecule has 0 amide bonds. The summed E-state index contributed by atoms with van der Waals surface area (Å²) in [5, 5.41) is 3.87. The third kappa shape index (κ3) is 2.04. The van der Waals surface area contributed by atoms with E-state index in [4.69, 9.17) is 4.42 Å². The van der Waals surface area contributed by atoms with E-state index in [9.17, 15) is 4.79 Å². The summed E-state index contributed by atoms with van der Waals surface area (Å²) in [5.41, 5.74) is 0.777. The Kier molecular flexibility index (Phi) is 2.77. The van der Waals surface area contributed by atoms with Crippen molar-refractivity contribution >= 4 is 32.6 Å². The molecule has 0 bridgehead atoms. The fraction of sp³-hybridized carbons (Fsp3) is 0.182. The summed E-state index contributed by atoms with van der Waals surface area (Å²) in [4.78, 5) is 11.5. The van der Waals surface area contributed by atoms with E-state index in [1.165, 1.54) is 0 Å². The van der Waals surface area contributed by atoms with Crippen LogP contribution in [0.1, 0.15) is 6.92 Å². The van der Waals surface area contributed by atoms with Gasteiger partial charge in [0.2, 0.25) is 0 Å². The average Bonchev–Trinajstić information content (AvgIpc) is 2.20. The maximum atomic E-state index is 11.5. The summed E-state index contributed by atoms with van der Waals surface area (Å²) in [6, 6.07) is 7.34. The van der Waals surface area contributed by atoms with Gasteiger partial charge in [-0.3, -0.25) is 0 Å². The summed E-state index contributed by atoms with van der Waals surface area (Å²) in [7, 11) is 0. The van der Waals surface area contributed by atoms with Crippen LogP contribution in [-0.2, 0) is 0 Å². The topological polar surface area (TPSA) is 42.2 Å². The van der Waals surface area contributed by atoms with Crippen molar-refractivity contribution in [1.82, 2.24) is 0 Å². The van der Waals surface area contributed by atoms with Crippen molar-refractivity contribution in [3.63, 3.8) is 0 Å². The first kappa shape index (κ1) is 10.2. The Hall–Kier alpha value is -1.29. The van der Waals surface area contributed by atoms with Crippen molar-refractivity contribution < 1.29 is 4.42 Å². The van der Waals surface area contributed by atoms with E-state index in [0.29, 0.717) is 17.8 Å². The van der Waals surface area contributed by atoms with Crippen LogP contribution < -0.4 is 10.9 Å². The number of nitrogens with one attached hydrogen (secondary N) is 1. The Morgan fingerprint density at radius 3 is 2.93 bits per heavy atom. The molecule has 2 aromatic rings. The molecule has 1 aromatic carbocycles. The smallest absolute Gasteiger partial charge is 0.359 e. The van der Waals surface area contributed by atoms with Crippen molar-refractivity contribution in [2.45, 2.75) is 6.92 Å². The second-order valence-electron chi connectivity index (χ2n) is 3.16. The maximum absolute atomic E-state index is 11.5. The normalized spacial score (nSPS) is 10.5. The van der Waals surface area contributed by atoms with Crippen molar-refractivity contribution in [1.29, 1.82) is 0 Å². The molecular weight excluding hydrogens is 258 g/mol. The maximum Gasteiger partial charge on any atom is 0.359 e. The van der Waals surface area contributed by atoms with Crippen molar-refractivity contribution in [2.75, 3.05) is 11.9 Å². The molecule has 0 aliphatic rings. The van der Waals surface area contributed by atoms with Gasteiger partial charge >= 0.3 is 5.63 Å². The Balaban J connectivity index is 2.66. The predicted molar refractivity (Wildman–Crippen MR) is 64.3 cm³/mol. The summed E-state index contributed by atoms with van der Waals surface area (Å²) in [5.74, 6) is 0. The molecule has 0 saturated carbocycles. The number of anilines is 1. The van der Waals surface area contributed by atoms with E-state index >= 15 is 0 Å². The largest absolute Gasteiger partial charge is 0.421 e. The molecule has 0 saturated heterocycles. The molecule has 0 atom stereocenters. The van der Waals surface area contributed by atoms with Gasteiger partial charge in [-0.25, -0.2) is 4.79 Å². The molecule has 15 heavy (non-hydrogen) atoms. The second-order valence-corrected chi connectivity index (χ2v) is 4.08. The second kappa shape index (κ2) is 4.06. The van der Waals surface area contributed by atoms with Crippen LogP contribution in [0.5, 0.6) is 0 Å². The van der Waals surface area contributed by atoms with E-state index in [1.54, 1.807) is 12.1 Å². The summed E-state index contributed by atoms with van der Waals surface area (Å²) >= 11 is 3.37. The van der Waals surface area contributed by atoms with E-state index < -0.39 is 0 Å². The number of hydrogen-bond donors (Lipinski definition) is 1. The zero-order valence-electron chi connectivity index (χ0n) is 8.21. The fourth-order valence-corrected chi connectivity index (χ4v) is 1.79. The van der Waals surface area contributed by atoms with Gasteiger partial charge in [0.15, 0.2) is 0 Å².